The van der Waals surface area contributed by atoms with E-state index < -0.39 is 0 Å². The number of nitrogens with zero attached hydrogens (tertiary/aromatic N) is 2. The molecular formula is C16H23N3. The molecule has 0 unspecified atom stereocenters. The molecule has 1 fully saturated rings. The highest BCUT2D eigenvalue weighted by atomic mass is 15.2. The molecule has 0 amide bonds. The van der Waals surface area contributed by atoms with Gasteiger partial charge >= 0.3 is 0 Å². The maximum Gasteiger partial charge on any atom is 0.0483 e. The van der Waals surface area contributed by atoms with Crippen molar-refractivity contribution in [3.8, 4) is 0 Å². The van der Waals surface area contributed by atoms with Crippen LogP contribution in [0.15, 0.2) is 24.3 Å². The van der Waals surface area contributed by atoms with Crippen molar-refractivity contribution >= 4 is 10.9 Å². The van der Waals surface area contributed by atoms with Gasteiger partial charge in [0.25, 0.3) is 0 Å². The molecule has 1 aromatic carbocycles. The van der Waals surface area contributed by atoms with Gasteiger partial charge in [-0.2, -0.15) is 0 Å². The van der Waals surface area contributed by atoms with Crippen LogP contribution in [0.1, 0.15) is 18.2 Å². The lowest BCUT2D eigenvalue weighted by atomic mass is 10.2. The van der Waals surface area contributed by atoms with Gasteiger partial charge in [0.2, 0.25) is 0 Å². The molecule has 2 heterocycles. The van der Waals surface area contributed by atoms with Gasteiger partial charge in [0.1, 0.15) is 0 Å². The average Bonchev–Trinajstić information content (AvgIpc) is 2.76. The van der Waals surface area contributed by atoms with E-state index in [-0.39, 0.29) is 0 Å². The first-order valence-electron chi connectivity index (χ1n) is 7.30. The first kappa shape index (κ1) is 12.7. The summed E-state index contributed by atoms with van der Waals surface area (Å²) in [5, 5.41) is 4.80. The Morgan fingerprint density at radius 3 is 2.68 bits per heavy atom. The van der Waals surface area contributed by atoms with Crippen LogP contribution >= 0.6 is 0 Å². The molecule has 0 aliphatic carbocycles. The maximum absolute atomic E-state index is 3.41. The summed E-state index contributed by atoms with van der Waals surface area (Å²) in [4.78, 5) is 2.55. The zero-order chi connectivity index (χ0) is 13.2. The second-order valence-electron chi connectivity index (χ2n) is 5.47. The highest BCUT2D eigenvalue weighted by Gasteiger charge is 2.14. The van der Waals surface area contributed by atoms with Crippen LogP contribution in [0.25, 0.3) is 10.9 Å². The molecule has 3 nitrogen and oxygen atoms in total. The molecule has 1 saturated heterocycles. The lowest BCUT2D eigenvalue weighted by Gasteiger charge is -2.27. The third-order valence-electron chi connectivity index (χ3n) is 4.05. The summed E-state index contributed by atoms with van der Waals surface area (Å²) >= 11 is 0. The molecule has 3 heteroatoms. The Labute approximate surface area is 115 Å². The van der Waals surface area contributed by atoms with Gasteiger partial charge in [0.05, 0.1) is 0 Å². The Bertz CT molecular complexity index is 565. The molecule has 102 valence electrons. The molecule has 0 atom stereocenters. The number of hydrogen-bond donors (Lipinski definition) is 1. The van der Waals surface area contributed by atoms with Gasteiger partial charge in [0.15, 0.2) is 0 Å². The molecule has 0 bridgehead atoms. The number of benzene rings is 1. The van der Waals surface area contributed by atoms with Gasteiger partial charge in [-0.1, -0.05) is 11.6 Å². The summed E-state index contributed by atoms with van der Waals surface area (Å²) in [6.07, 6.45) is 0. The van der Waals surface area contributed by atoms with E-state index in [2.05, 4.69) is 52.9 Å². The van der Waals surface area contributed by atoms with Crippen LogP contribution in [0.5, 0.6) is 0 Å². The molecule has 0 saturated carbocycles. The van der Waals surface area contributed by atoms with Crippen molar-refractivity contribution in [1.82, 2.24) is 14.8 Å². The molecule has 0 radical (unpaired) electrons. The van der Waals surface area contributed by atoms with Crippen LogP contribution < -0.4 is 5.32 Å². The summed E-state index contributed by atoms with van der Waals surface area (Å²) in [6, 6.07) is 9.13. The minimum Gasteiger partial charge on any atom is -0.344 e. The Morgan fingerprint density at radius 1 is 1.16 bits per heavy atom. The van der Waals surface area contributed by atoms with Gasteiger partial charge < -0.3 is 9.88 Å². The van der Waals surface area contributed by atoms with Gasteiger partial charge in [0, 0.05) is 55.9 Å². The third kappa shape index (κ3) is 2.53. The Kier molecular flexibility index (Phi) is 3.58. The normalized spacial score (nSPS) is 17.2. The smallest absolute Gasteiger partial charge is 0.0483 e. The van der Waals surface area contributed by atoms with E-state index in [9.17, 15) is 0 Å². The first-order chi connectivity index (χ1) is 9.28. The second kappa shape index (κ2) is 5.35. The molecule has 19 heavy (non-hydrogen) atoms. The van der Waals surface area contributed by atoms with Gasteiger partial charge in [-0.25, -0.2) is 0 Å². The minimum absolute atomic E-state index is 1.05. The number of aromatic nitrogens is 1. The number of nitrogens with one attached hydrogen (secondary N) is 1. The van der Waals surface area contributed by atoms with Crippen molar-refractivity contribution in [2.75, 3.05) is 26.2 Å². The fourth-order valence-corrected chi connectivity index (χ4v) is 3.05. The maximum atomic E-state index is 3.41. The van der Waals surface area contributed by atoms with Crippen LogP contribution in [-0.2, 0) is 13.1 Å². The molecule has 1 aromatic heterocycles. The fraction of sp³-hybridized carbons (Fsp3) is 0.500. The van der Waals surface area contributed by atoms with E-state index in [1.165, 1.54) is 22.2 Å². The van der Waals surface area contributed by atoms with Gasteiger partial charge in [-0.3, -0.25) is 4.90 Å². The zero-order valence-electron chi connectivity index (χ0n) is 11.9. The lowest BCUT2D eigenvalue weighted by molar-refractivity contribution is 0.228. The van der Waals surface area contributed by atoms with Crippen LogP contribution in [0.3, 0.4) is 0 Å². The number of piperazine rings is 1. The highest BCUT2D eigenvalue weighted by Crippen LogP contribution is 2.22. The average molecular weight is 257 g/mol. The summed E-state index contributed by atoms with van der Waals surface area (Å²) in [5.41, 5.74) is 4.16. The molecule has 1 N–H and O–H groups in total. The van der Waals surface area contributed by atoms with E-state index in [0.29, 0.717) is 0 Å². The monoisotopic (exact) mass is 257 g/mol. The van der Waals surface area contributed by atoms with E-state index in [1.807, 2.05) is 0 Å². The quantitative estimate of drug-likeness (QED) is 0.911. The van der Waals surface area contributed by atoms with Crippen molar-refractivity contribution < 1.29 is 0 Å². The summed E-state index contributed by atoms with van der Waals surface area (Å²) in [7, 11) is 0. The predicted octanol–water partition coefficient (Wildman–Crippen LogP) is 2.37. The number of fused-ring (bicyclic) bond motifs is 1. The van der Waals surface area contributed by atoms with Gasteiger partial charge in [-0.15, -0.1) is 0 Å². The van der Waals surface area contributed by atoms with Crippen molar-refractivity contribution in [2.24, 2.45) is 0 Å². The topological polar surface area (TPSA) is 20.2 Å². The van der Waals surface area contributed by atoms with Crippen LogP contribution in [0.4, 0.5) is 0 Å². The van der Waals surface area contributed by atoms with E-state index in [1.54, 1.807) is 0 Å². The molecule has 3 rings (SSSR count). The van der Waals surface area contributed by atoms with Crippen LogP contribution in [0.2, 0.25) is 0 Å². The van der Waals surface area contributed by atoms with Gasteiger partial charge in [-0.05, 0) is 32.0 Å². The highest BCUT2D eigenvalue weighted by molar-refractivity contribution is 5.82. The molecule has 1 aliphatic heterocycles. The Balaban J connectivity index is 1.93. The van der Waals surface area contributed by atoms with Crippen molar-refractivity contribution in [3.63, 3.8) is 0 Å². The largest absolute Gasteiger partial charge is 0.344 e. The minimum atomic E-state index is 1.05. The predicted molar refractivity (Wildman–Crippen MR) is 80.5 cm³/mol. The van der Waals surface area contributed by atoms with Crippen molar-refractivity contribution in [3.05, 3.63) is 35.5 Å². The summed E-state index contributed by atoms with van der Waals surface area (Å²) in [5.74, 6) is 0. The van der Waals surface area contributed by atoms with E-state index >= 15 is 0 Å². The van der Waals surface area contributed by atoms with Crippen LogP contribution in [0, 0.1) is 6.92 Å². The second-order valence-corrected chi connectivity index (χ2v) is 5.47. The fourth-order valence-electron chi connectivity index (χ4n) is 3.05. The number of aryl methyl sites for hydroxylation is 2. The van der Waals surface area contributed by atoms with E-state index in [4.69, 9.17) is 0 Å². The summed E-state index contributed by atoms with van der Waals surface area (Å²) in [6.45, 7) is 11.1. The van der Waals surface area contributed by atoms with Crippen molar-refractivity contribution in [2.45, 2.75) is 26.9 Å². The zero-order valence-corrected chi connectivity index (χ0v) is 11.9. The van der Waals surface area contributed by atoms with E-state index in [0.717, 1.165) is 39.3 Å². The Hall–Kier alpha value is -1.32. The first-order valence-corrected chi connectivity index (χ1v) is 7.30. The standard InChI is InChI=1S/C16H23N3/c1-3-19-15(12-18-8-6-17-7-9-18)11-14-10-13(2)4-5-16(14)19/h4-5,10-11,17H,3,6-9,12H2,1-2H3. The Morgan fingerprint density at radius 2 is 1.95 bits per heavy atom. The number of hydrogen-bond acceptors (Lipinski definition) is 2. The van der Waals surface area contributed by atoms with Crippen LogP contribution in [-0.4, -0.2) is 35.6 Å². The van der Waals surface area contributed by atoms with Crippen molar-refractivity contribution in [1.29, 1.82) is 0 Å². The molecule has 1 aliphatic rings. The lowest BCUT2D eigenvalue weighted by Crippen LogP contribution is -2.43. The summed E-state index contributed by atoms with van der Waals surface area (Å²) < 4.78 is 2.46. The third-order valence-corrected chi connectivity index (χ3v) is 4.05. The number of rotatable bonds is 3. The molecular weight excluding hydrogens is 234 g/mol. The SMILES string of the molecule is CCn1c(CN2CCNCC2)cc2cc(C)ccc21. The molecule has 2 aromatic rings. The molecule has 0 spiro atoms.